The number of nitrogens with zero attached hydrogens (tertiary/aromatic N) is 4. The van der Waals surface area contributed by atoms with Crippen molar-refractivity contribution in [3.05, 3.63) is 95.8 Å². The molecule has 1 N–H and O–H groups in total. The minimum absolute atomic E-state index is 0.0392. The Bertz CT molecular complexity index is 1330. The summed E-state index contributed by atoms with van der Waals surface area (Å²) in [5, 5.41) is 17.5. The molecule has 4 aromatic rings. The largest absolute Gasteiger partial charge is 0.399 e. The molecule has 0 bridgehead atoms. The van der Waals surface area contributed by atoms with Crippen LogP contribution in [-0.4, -0.2) is 45.4 Å². The zero-order valence-electron chi connectivity index (χ0n) is 19.2. The molecule has 1 fully saturated rings. The van der Waals surface area contributed by atoms with Crippen LogP contribution in [0.15, 0.2) is 88.5 Å². The van der Waals surface area contributed by atoms with Gasteiger partial charge in [-0.05, 0) is 41.0 Å². The van der Waals surface area contributed by atoms with Gasteiger partial charge in [0.1, 0.15) is 13.2 Å². The molecule has 8 nitrogen and oxygen atoms in total. The predicted molar refractivity (Wildman–Crippen MR) is 130 cm³/mol. The van der Waals surface area contributed by atoms with Crippen molar-refractivity contribution in [2.75, 3.05) is 13.7 Å². The van der Waals surface area contributed by atoms with Gasteiger partial charge in [0, 0.05) is 17.5 Å². The lowest BCUT2D eigenvalue weighted by molar-refractivity contribution is 0.0732. The van der Waals surface area contributed by atoms with E-state index < -0.39 is 6.04 Å². The van der Waals surface area contributed by atoms with E-state index in [-0.39, 0.29) is 12.5 Å². The van der Waals surface area contributed by atoms with Gasteiger partial charge < -0.3 is 19.4 Å². The number of rotatable bonds is 6. The Hall–Kier alpha value is -4.30. The van der Waals surface area contributed by atoms with Crippen LogP contribution in [0.5, 0.6) is 0 Å². The predicted octanol–water partition coefficient (Wildman–Crippen LogP) is 4.49. The number of aromatic nitrogens is 2. The zero-order valence-corrected chi connectivity index (χ0v) is 19.2. The summed E-state index contributed by atoms with van der Waals surface area (Å²) in [7, 11) is 1.48. The molecule has 0 radical (unpaired) electrons. The van der Waals surface area contributed by atoms with Crippen LogP contribution in [0.2, 0.25) is 0 Å². The van der Waals surface area contributed by atoms with E-state index in [0.717, 1.165) is 28.0 Å². The molecule has 176 valence electrons. The van der Waals surface area contributed by atoms with Gasteiger partial charge in [0.2, 0.25) is 0 Å². The Balaban J connectivity index is 1.40. The first-order chi connectivity index (χ1) is 17.2. The van der Waals surface area contributed by atoms with Gasteiger partial charge in [0.15, 0.2) is 5.82 Å². The average molecular weight is 469 g/mol. The summed E-state index contributed by atoms with van der Waals surface area (Å²) in [5.74, 6) is 0.609. The number of hydrogen-bond acceptors (Lipinski definition) is 7. The first kappa shape index (κ1) is 22.5. The fourth-order valence-corrected chi connectivity index (χ4v) is 4.19. The molecule has 1 aromatic heterocycles. The molecular formula is C27H24N4O4. The molecule has 1 aliphatic heterocycles. The highest BCUT2D eigenvalue weighted by Crippen LogP contribution is 2.32. The second-order valence-corrected chi connectivity index (χ2v) is 8.25. The van der Waals surface area contributed by atoms with Crippen molar-refractivity contribution in [1.82, 2.24) is 15.0 Å². The highest BCUT2D eigenvalue weighted by atomic mass is 16.6. The topological polar surface area (TPSA) is 101 Å². The van der Waals surface area contributed by atoms with Gasteiger partial charge in [-0.3, -0.25) is 4.79 Å². The molecule has 0 spiro atoms. The van der Waals surface area contributed by atoms with Gasteiger partial charge in [-0.25, -0.2) is 0 Å². The monoisotopic (exact) mass is 468 g/mol. The van der Waals surface area contributed by atoms with Gasteiger partial charge in [-0.2, -0.15) is 4.98 Å². The lowest BCUT2D eigenvalue weighted by Gasteiger charge is -2.21. The Morgan fingerprint density at radius 2 is 1.71 bits per heavy atom. The quantitative estimate of drug-likeness (QED) is 0.419. The van der Waals surface area contributed by atoms with Crippen molar-refractivity contribution in [3.8, 4) is 22.6 Å². The van der Waals surface area contributed by atoms with Crippen LogP contribution in [0, 0.1) is 0 Å². The van der Waals surface area contributed by atoms with Gasteiger partial charge in [-0.15, -0.1) is 0 Å². The van der Waals surface area contributed by atoms with E-state index in [1.165, 1.54) is 7.11 Å². The highest BCUT2D eigenvalue weighted by Gasteiger charge is 2.38. The van der Waals surface area contributed by atoms with E-state index in [1.54, 1.807) is 17.0 Å². The second-order valence-electron chi connectivity index (χ2n) is 8.25. The fourth-order valence-electron chi connectivity index (χ4n) is 4.19. The van der Waals surface area contributed by atoms with Crippen molar-refractivity contribution in [2.45, 2.75) is 19.1 Å². The lowest BCUT2D eigenvalue weighted by Crippen LogP contribution is -2.31. The number of likely N-dealkylation sites (tertiary alicyclic amines) is 1. The summed E-state index contributed by atoms with van der Waals surface area (Å²) in [4.78, 5) is 24.7. The molecule has 1 aliphatic rings. The summed E-state index contributed by atoms with van der Waals surface area (Å²) in [6, 6.07) is 24.4. The number of carbonyl (C=O) groups is 1. The van der Waals surface area contributed by atoms with E-state index in [2.05, 4.69) is 15.3 Å². The Morgan fingerprint density at radius 1 is 1.03 bits per heavy atom. The molecule has 5 rings (SSSR count). The van der Waals surface area contributed by atoms with Gasteiger partial charge >= 0.3 is 0 Å². The summed E-state index contributed by atoms with van der Waals surface area (Å²) in [6.07, 6.45) is 0.449. The maximum absolute atomic E-state index is 13.5. The third-order valence-corrected chi connectivity index (χ3v) is 6.00. The molecule has 1 amide bonds. The maximum atomic E-state index is 13.5. The number of aliphatic hydroxyl groups excluding tert-OH is 1. The molecule has 8 heteroatoms. The third kappa shape index (κ3) is 4.69. The lowest BCUT2D eigenvalue weighted by atomic mass is 10.0. The van der Waals surface area contributed by atoms with E-state index in [0.29, 0.717) is 30.2 Å². The number of aliphatic hydroxyl groups is 1. The average Bonchev–Trinajstić information content (AvgIpc) is 3.57. The molecule has 0 aliphatic carbocycles. The van der Waals surface area contributed by atoms with E-state index in [4.69, 9.17) is 9.36 Å². The molecule has 35 heavy (non-hydrogen) atoms. The van der Waals surface area contributed by atoms with Crippen LogP contribution < -0.4 is 0 Å². The minimum atomic E-state index is -0.431. The van der Waals surface area contributed by atoms with Crippen LogP contribution in [0.1, 0.15) is 34.2 Å². The van der Waals surface area contributed by atoms with E-state index >= 15 is 0 Å². The standard InChI is InChI=1S/C27H24N4O4/c1-34-29-23-15-24(25-28-26(35-30-25)21-9-7-18(17-32)8-10-21)31(16-23)27(33)22-13-11-20(12-14-22)19-5-3-2-4-6-19/h2-14,24,32H,15-17H2,1H3/b29-23-/t24-/m0/s1. The van der Waals surface area contributed by atoms with Gasteiger partial charge in [-0.1, -0.05) is 64.9 Å². The van der Waals surface area contributed by atoms with Gasteiger partial charge in [0.25, 0.3) is 11.8 Å². The molecule has 0 saturated carbocycles. The third-order valence-electron chi connectivity index (χ3n) is 6.00. The molecule has 0 unspecified atom stereocenters. The molecule has 1 atom stereocenters. The maximum Gasteiger partial charge on any atom is 0.257 e. The molecular weight excluding hydrogens is 444 g/mol. The Morgan fingerprint density at radius 3 is 2.40 bits per heavy atom. The summed E-state index contributed by atoms with van der Waals surface area (Å²) in [5.41, 5.74) is 4.95. The van der Waals surface area contributed by atoms with Crippen molar-refractivity contribution < 1.29 is 19.3 Å². The number of amides is 1. The molecule has 3 aromatic carbocycles. The van der Waals surface area contributed by atoms with Crippen LogP contribution >= 0.6 is 0 Å². The Labute approximate surface area is 202 Å². The van der Waals surface area contributed by atoms with Crippen molar-refractivity contribution in [3.63, 3.8) is 0 Å². The smallest absolute Gasteiger partial charge is 0.257 e. The number of hydrogen-bond donors (Lipinski definition) is 1. The van der Waals surface area contributed by atoms with Crippen molar-refractivity contribution in [2.24, 2.45) is 5.16 Å². The minimum Gasteiger partial charge on any atom is -0.399 e. The summed E-state index contributed by atoms with van der Waals surface area (Å²) >= 11 is 0. The van der Waals surface area contributed by atoms with Crippen molar-refractivity contribution in [1.29, 1.82) is 0 Å². The van der Waals surface area contributed by atoms with Crippen LogP contribution in [0.3, 0.4) is 0 Å². The van der Waals surface area contributed by atoms with Crippen LogP contribution in [-0.2, 0) is 11.4 Å². The van der Waals surface area contributed by atoms with Gasteiger partial charge in [0.05, 0.1) is 18.9 Å². The first-order valence-corrected chi connectivity index (χ1v) is 11.3. The summed E-state index contributed by atoms with van der Waals surface area (Å²) < 4.78 is 5.50. The van der Waals surface area contributed by atoms with Crippen molar-refractivity contribution >= 4 is 11.6 Å². The zero-order chi connectivity index (χ0) is 24.2. The Kier molecular flexibility index (Phi) is 6.36. The summed E-state index contributed by atoms with van der Waals surface area (Å²) in [6.45, 7) is 0.273. The first-order valence-electron chi connectivity index (χ1n) is 11.3. The molecule has 1 saturated heterocycles. The van der Waals surface area contributed by atoms with E-state index in [9.17, 15) is 9.90 Å². The number of oxime groups is 1. The SMILES string of the molecule is CO/N=C1/C[C@@H](c2noc(-c3ccc(CO)cc3)n2)N(C(=O)c2ccc(-c3ccccc3)cc2)C1. The van der Waals surface area contributed by atoms with Crippen LogP contribution in [0.25, 0.3) is 22.6 Å². The number of carbonyl (C=O) groups excluding carboxylic acids is 1. The fraction of sp³-hybridized carbons (Fsp3) is 0.185. The number of benzene rings is 3. The highest BCUT2D eigenvalue weighted by molar-refractivity contribution is 6.00. The normalized spacial score (nSPS) is 16.6. The van der Waals surface area contributed by atoms with Crippen LogP contribution in [0.4, 0.5) is 0 Å². The van der Waals surface area contributed by atoms with E-state index in [1.807, 2.05) is 66.7 Å². The second kappa shape index (κ2) is 9.90. The molecule has 2 heterocycles.